The van der Waals surface area contributed by atoms with Crippen LogP contribution in [0.5, 0.6) is 0 Å². The van der Waals surface area contributed by atoms with E-state index in [1.54, 1.807) is 66.7 Å². The molecule has 3 aromatic carbocycles. The molecule has 1 saturated heterocycles. The van der Waals surface area contributed by atoms with Gasteiger partial charge < -0.3 is 24.2 Å². The van der Waals surface area contributed by atoms with Gasteiger partial charge in [0.15, 0.2) is 18.4 Å². The molecule has 0 amide bonds. The van der Waals surface area contributed by atoms with E-state index in [1.165, 1.54) is 24.3 Å². The summed E-state index contributed by atoms with van der Waals surface area (Å²) in [6.45, 7) is -0.424. The lowest BCUT2D eigenvalue weighted by atomic mass is 10.1. The van der Waals surface area contributed by atoms with Crippen LogP contribution in [-0.2, 0) is 18.9 Å². The molecule has 12 heteroatoms. The van der Waals surface area contributed by atoms with E-state index in [0.29, 0.717) is 0 Å². The molecule has 0 aliphatic carbocycles. The van der Waals surface area contributed by atoms with Crippen LogP contribution < -0.4 is 10.5 Å². The highest BCUT2D eigenvalue weighted by Gasteiger charge is 2.52. The van der Waals surface area contributed by atoms with Gasteiger partial charge in [-0.25, -0.2) is 19.2 Å². The van der Waals surface area contributed by atoms with Gasteiger partial charge in [-0.2, -0.15) is 0 Å². The predicted octanol–water partition coefficient (Wildman–Crippen LogP) is 2.08. The first-order valence-corrected chi connectivity index (χ1v) is 12.5. The fourth-order valence-corrected chi connectivity index (χ4v) is 4.24. The van der Waals surface area contributed by atoms with Crippen molar-refractivity contribution in [2.24, 2.45) is 0 Å². The van der Waals surface area contributed by atoms with Gasteiger partial charge in [0.25, 0.3) is 0 Å². The first-order valence-electron chi connectivity index (χ1n) is 12.5. The summed E-state index contributed by atoms with van der Waals surface area (Å²) in [5.41, 5.74) is -0.344. The minimum atomic E-state index is -1.40. The van der Waals surface area contributed by atoms with E-state index < -0.39 is 54.7 Å². The van der Waals surface area contributed by atoms with Crippen LogP contribution in [0.25, 0.3) is 0 Å². The fourth-order valence-electron chi connectivity index (χ4n) is 4.24. The van der Waals surface area contributed by atoms with Gasteiger partial charge in [0.05, 0.1) is 28.0 Å². The van der Waals surface area contributed by atoms with Crippen LogP contribution in [-0.4, -0.2) is 52.5 Å². The van der Waals surface area contributed by atoms with Crippen molar-refractivity contribution in [1.82, 2.24) is 9.67 Å². The Bertz CT molecular complexity index is 1580. The summed E-state index contributed by atoms with van der Waals surface area (Å²) in [5.74, 6) is -2.23. The molecule has 41 heavy (non-hydrogen) atoms. The highest BCUT2D eigenvalue weighted by molar-refractivity contribution is 5.91. The number of nitrogens with zero attached hydrogens (tertiary/aromatic N) is 3. The van der Waals surface area contributed by atoms with Crippen LogP contribution in [0.1, 0.15) is 37.3 Å². The summed E-state index contributed by atoms with van der Waals surface area (Å²) >= 11 is 0. The molecule has 2 heterocycles. The number of rotatable bonds is 8. The van der Waals surface area contributed by atoms with E-state index in [9.17, 15) is 24.4 Å². The molecule has 0 bridgehead atoms. The topological polar surface area (TPSA) is 150 Å². The van der Waals surface area contributed by atoms with Crippen LogP contribution in [0.2, 0.25) is 0 Å². The summed E-state index contributed by atoms with van der Waals surface area (Å²) in [4.78, 5) is 51.6. The third-order valence-corrected chi connectivity index (χ3v) is 6.21. The van der Waals surface area contributed by atoms with E-state index in [-0.39, 0.29) is 21.5 Å². The molecule has 4 unspecified atom stereocenters. The molecule has 12 nitrogen and oxygen atoms in total. The first-order chi connectivity index (χ1) is 19.9. The Morgan fingerprint density at radius 1 is 0.780 bits per heavy atom. The molecule has 1 aliphatic rings. The summed E-state index contributed by atoms with van der Waals surface area (Å²) < 4.78 is 24.0. The van der Waals surface area contributed by atoms with Crippen molar-refractivity contribution in [2.45, 2.75) is 24.5 Å². The van der Waals surface area contributed by atoms with Crippen LogP contribution in [0.15, 0.2) is 108 Å². The third-order valence-electron chi connectivity index (χ3n) is 6.21. The van der Waals surface area contributed by atoms with Gasteiger partial charge in [-0.05, 0) is 36.4 Å². The number of benzene rings is 3. The molecule has 0 spiro atoms. The quantitative estimate of drug-likeness (QED) is 0.136. The molecule has 0 saturated carbocycles. The largest absolute Gasteiger partial charge is 0.594 e. The van der Waals surface area contributed by atoms with Crippen molar-refractivity contribution in [3.63, 3.8) is 0 Å². The molecule has 4 atom stereocenters. The minimum absolute atomic E-state index is 0.0603. The van der Waals surface area contributed by atoms with Crippen LogP contribution in [0.3, 0.4) is 0 Å². The standard InChI is InChI=1S/C29H23N3O9/c33-26(19-10-4-1-5-11-19)38-18-22-23(40-27(34)20-12-6-2-7-13-20)24(41-28(35)21-14-8-3-9-15-21)25(39-22)31-16-17-32(37)30-29(31)36/h1-17,22-25H,18H2. The maximum atomic E-state index is 13.1. The average molecular weight is 558 g/mol. The summed E-state index contributed by atoms with van der Waals surface area (Å²) in [6, 6.07) is 24.3. The summed E-state index contributed by atoms with van der Waals surface area (Å²) in [5, 5.41) is 14.9. The van der Waals surface area contributed by atoms with Crippen molar-refractivity contribution < 1.29 is 38.2 Å². The molecular formula is C29H23N3O9. The van der Waals surface area contributed by atoms with E-state index in [2.05, 4.69) is 5.10 Å². The van der Waals surface area contributed by atoms with Crippen LogP contribution in [0, 0.1) is 5.21 Å². The average Bonchev–Trinajstić information content (AvgIpc) is 3.33. The second kappa shape index (κ2) is 12.2. The zero-order valence-electron chi connectivity index (χ0n) is 21.3. The van der Waals surface area contributed by atoms with Crippen molar-refractivity contribution in [1.29, 1.82) is 0 Å². The summed E-state index contributed by atoms with van der Waals surface area (Å²) in [7, 11) is 0. The normalized spacial score (nSPS) is 19.7. The van der Waals surface area contributed by atoms with Gasteiger partial charge in [0.1, 0.15) is 12.7 Å². The second-order valence-corrected chi connectivity index (χ2v) is 8.89. The van der Waals surface area contributed by atoms with Gasteiger partial charge >= 0.3 is 23.6 Å². The number of ether oxygens (including phenoxy) is 4. The fraction of sp³-hybridized carbons (Fsp3) is 0.172. The van der Waals surface area contributed by atoms with Crippen molar-refractivity contribution in [3.8, 4) is 0 Å². The van der Waals surface area contributed by atoms with Gasteiger partial charge in [-0.3, -0.25) is 4.57 Å². The van der Waals surface area contributed by atoms with Crippen LogP contribution >= 0.6 is 0 Å². The van der Waals surface area contributed by atoms with Gasteiger partial charge in [0.2, 0.25) is 6.20 Å². The Morgan fingerprint density at radius 2 is 1.27 bits per heavy atom. The minimum Gasteiger partial charge on any atom is -0.594 e. The van der Waals surface area contributed by atoms with Gasteiger partial charge in [0, 0.05) is 0 Å². The molecule has 1 aliphatic heterocycles. The SMILES string of the molecule is O=C(OCC1OC(n2cc[n+]([O-])nc2=O)C(OC(=O)c2ccccc2)C1OC(=O)c1ccccc1)c1ccccc1. The number of carbonyl (C=O) groups excluding carboxylic acids is 3. The zero-order chi connectivity index (χ0) is 28.8. The van der Waals surface area contributed by atoms with Crippen molar-refractivity contribution in [3.05, 3.63) is 136 Å². The van der Waals surface area contributed by atoms with E-state index >= 15 is 0 Å². The first kappa shape index (κ1) is 27.2. The predicted molar refractivity (Wildman–Crippen MR) is 139 cm³/mol. The lowest BCUT2D eigenvalue weighted by Crippen LogP contribution is -2.45. The molecule has 5 rings (SSSR count). The molecule has 0 N–H and O–H groups in total. The highest BCUT2D eigenvalue weighted by atomic mass is 16.7. The van der Waals surface area contributed by atoms with Gasteiger partial charge in [-0.15, -0.1) is 0 Å². The molecular weight excluding hydrogens is 534 g/mol. The maximum absolute atomic E-state index is 13.1. The Morgan fingerprint density at radius 3 is 1.78 bits per heavy atom. The van der Waals surface area contributed by atoms with E-state index in [0.717, 1.165) is 17.0 Å². The third kappa shape index (κ3) is 6.28. The van der Waals surface area contributed by atoms with Crippen molar-refractivity contribution >= 4 is 17.9 Å². The molecule has 1 aromatic heterocycles. The van der Waals surface area contributed by atoms with E-state index in [4.69, 9.17) is 18.9 Å². The Kier molecular flexibility index (Phi) is 8.11. The number of hydrogen-bond donors (Lipinski definition) is 0. The highest BCUT2D eigenvalue weighted by Crippen LogP contribution is 2.34. The van der Waals surface area contributed by atoms with Gasteiger partial charge in [-0.1, -0.05) is 59.4 Å². The molecule has 0 radical (unpaired) electrons. The maximum Gasteiger partial charge on any atom is 0.411 e. The van der Waals surface area contributed by atoms with E-state index in [1.807, 2.05) is 0 Å². The molecule has 1 fully saturated rings. The number of carbonyl (C=O) groups is 3. The van der Waals surface area contributed by atoms with Crippen LogP contribution in [0.4, 0.5) is 0 Å². The lowest BCUT2D eigenvalue weighted by molar-refractivity contribution is -0.672. The Balaban J connectivity index is 1.49. The second-order valence-electron chi connectivity index (χ2n) is 8.89. The Hall–Kier alpha value is -5.36. The smallest absolute Gasteiger partial charge is 0.411 e. The zero-order valence-corrected chi connectivity index (χ0v) is 21.3. The summed E-state index contributed by atoms with van der Waals surface area (Å²) in [6.07, 6.45) is -3.26. The Labute approximate surface area is 232 Å². The number of aromatic nitrogens is 3. The molecule has 4 aromatic rings. The molecule has 208 valence electrons. The number of hydrogen-bond acceptors (Lipinski definition) is 10. The lowest BCUT2D eigenvalue weighted by Gasteiger charge is -2.24. The monoisotopic (exact) mass is 557 g/mol. The van der Waals surface area contributed by atoms with Crippen molar-refractivity contribution in [2.75, 3.05) is 6.61 Å². The number of esters is 3.